The predicted molar refractivity (Wildman–Crippen MR) is 258 cm³/mol. The van der Waals surface area contributed by atoms with Crippen molar-refractivity contribution in [3.05, 3.63) is 211 Å². The summed E-state index contributed by atoms with van der Waals surface area (Å²) < 4.78 is 9.20. The summed E-state index contributed by atoms with van der Waals surface area (Å²) in [5.74, 6) is 0.666. The van der Waals surface area contributed by atoms with Gasteiger partial charge in [0.2, 0.25) is 0 Å². The molecule has 0 fully saturated rings. The third-order valence-corrected chi connectivity index (χ3v) is 12.5. The number of furan rings is 1. The highest BCUT2D eigenvalue weighted by Gasteiger charge is 2.19. The van der Waals surface area contributed by atoms with Gasteiger partial charge in [-0.15, -0.1) is 0 Å². The molecule has 4 heteroatoms. The number of nitrogens with zero attached hydrogens (tertiary/aromatic N) is 3. The van der Waals surface area contributed by atoms with Gasteiger partial charge in [-0.1, -0.05) is 140 Å². The maximum atomic E-state index is 6.81. The van der Waals surface area contributed by atoms with E-state index in [9.17, 15) is 0 Å². The number of aromatic nitrogens is 1. The van der Waals surface area contributed by atoms with Gasteiger partial charge in [-0.25, -0.2) is 4.99 Å². The first kappa shape index (κ1) is 35.2. The lowest BCUT2D eigenvalue weighted by Gasteiger charge is -2.12. The monoisotopic (exact) mass is 781 g/mol. The highest BCUT2D eigenvalue weighted by atomic mass is 16.3. The summed E-state index contributed by atoms with van der Waals surface area (Å²) in [7, 11) is 0. The van der Waals surface area contributed by atoms with Crippen LogP contribution in [0.1, 0.15) is 36.6 Å². The number of hydrogen-bond acceptors (Lipinski definition) is 2. The third-order valence-electron chi connectivity index (χ3n) is 12.5. The van der Waals surface area contributed by atoms with Gasteiger partial charge < -0.3 is 8.98 Å². The molecule has 0 aliphatic carbocycles. The van der Waals surface area contributed by atoms with Crippen LogP contribution in [0, 0.1) is 0 Å². The van der Waals surface area contributed by atoms with E-state index in [0.29, 0.717) is 5.84 Å². The zero-order valence-electron chi connectivity index (χ0n) is 33.8. The van der Waals surface area contributed by atoms with Crippen molar-refractivity contribution in [2.75, 3.05) is 0 Å². The van der Waals surface area contributed by atoms with E-state index in [0.717, 1.165) is 50.0 Å². The SMILES string of the molecule is CC(=NC(=N[C@H](C)c1ccc2ccccc2c1)c1ccc2c(c1)oc1cc(-n3c4ccc5ccccc5c4c4c5ccccc5ccc43)ccc12)c1ccc2ccccc2c1. The fraction of sp³-hybridized carbons (Fsp3) is 0.0526. The van der Waals surface area contributed by atoms with E-state index >= 15 is 0 Å². The highest BCUT2D eigenvalue weighted by molar-refractivity contribution is 6.28. The molecule has 0 bridgehead atoms. The molecule has 2 heterocycles. The average Bonchev–Trinajstić information content (AvgIpc) is 3.86. The molecular weight excluding hydrogens is 743 g/mol. The van der Waals surface area contributed by atoms with E-state index in [-0.39, 0.29) is 6.04 Å². The largest absolute Gasteiger partial charge is 0.456 e. The standard InChI is InChI=1S/C57H39N3O/c1-35(41-21-19-37-11-3-5-15-43(37)31-41)58-57(59-36(2)42-22-20-38-12-4-6-16-44(38)32-42)45-23-27-49-50-28-26-46(34-54(50)61-53(49)33-45)60-51-29-24-39-13-7-9-17-47(39)55(51)56-48-18-10-8-14-40(48)25-30-52(56)60/h3-35H,1-2H3/t35-/m1/s1. The van der Waals surface area contributed by atoms with Gasteiger partial charge in [-0.05, 0) is 117 Å². The highest BCUT2D eigenvalue weighted by Crippen LogP contribution is 2.41. The van der Waals surface area contributed by atoms with Gasteiger partial charge in [0.25, 0.3) is 0 Å². The topological polar surface area (TPSA) is 42.8 Å². The zero-order valence-corrected chi connectivity index (χ0v) is 33.8. The van der Waals surface area contributed by atoms with Crippen LogP contribution in [0.25, 0.3) is 92.5 Å². The third kappa shape index (κ3) is 5.83. The van der Waals surface area contributed by atoms with Crippen LogP contribution in [0.4, 0.5) is 0 Å². The fourth-order valence-electron chi connectivity index (χ4n) is 9.40. The number of fused-ring (bicyclic) bond motifs is 12. The lowest BCUT2D eigenvalue weighted by atomic mass is 10.00. The van der Waals surface area contributed by atoms with E-state index in [2.05, 4.69) is 213 Å². The van der Waals surface area contributed by atoms with Gasteiger partial charge >= 0.3 is 0 Å². The Kier molecular flexibility index (Phi) is 8.01. The lowest BCUT2D eigenvalue weighted by Crippen LogP contribution is -2.06. The molecule has 0 radical (unpaired) electrons. The van der Waals surface area contributed by atoms with Crippen LogP contribution < -0.4 is 0 Å². The molecule has 0 aliphatic heterocycles. The number of amidine groups is 1. The molecule has 12 rings (SSSR count). The molecule has 0 spiro atoms. The fourth-order valence-corrected chi connectivity index (χ4v) is 9.40. The Hall–Kier alpha value is -7.82. The van der Waals surface area contributed by atoms with Gasteiger partial charge in [0.1, 0.15) is 11.2 Å². The number of benzene rings is 10. The summed E-state index contributed by atoms with van der Waals surface area (Å²) in [6, 6.07) is 69.3. The minimum absolute atomic E-state index is 0.137. The first-order valence-electron chi connectivity index (χ1n) is 21.0. The Balaban J connectivity index is 1.01. The zero-order chi connectivity index (χ0) is 40.6. The van der Waals surface area contributed by atoms with Crippen molar-refractivity contribution in [2.24, 2.45) is 9.98 Å². The molecule has 0 saturated heterocycles. The Morgan fingerprint density at radius 1 is 0.459 bits per heavy atom. The van der Waals surface area contributed by atoms with Gasteiger partial charge in [0, 0.05) is 44.6 Å². The molecule has 0 aliphatic rings. The van der Waals surface area contributed by atoms with E-state index in [1.807, 2.05) is 0 Å². The van der Waals surface area contributed by atoms with Gasteiger partial charge in [0.15, 0.2) is 5.84 Å². The number of rotatable bonds is 5. The van der Waals surface area contributed by atoms with E-state index in [1.165, 1.54) is 64.9 Å². The summed E-state index contributed by atoms with van der Waals surface area (Å²) in [6.07, 6.45) is 0. The van der Waals surface area contributed by atoms with Crippen LogP contribution in [0.15, 0.2) is 209 Å². The normalized spacial score (nSPS) is 13.2. The van der Waals surface area contributed by atoms with E-state index in [4.69, 9.17) is 14.4 Å². The van der Waals surface area contributed by atoms with Crippen LogP contribution in [-0.4, -0.2) is 16.1 Å². The molecule has 10 aromatic carbocycles. The van der Waals surface area contributed by atoms with Crippen molar-refractivity contribution in [2.45, 2.75) is 19.9 Å². The Morgan fingerprint density at radius 2 is 0.984 bits per heavy atom. The van der Waals surface area contributed by atoms with Gasteiger partial charge in [0.05, 0.1) is 17.1 Å². The molecule has 0 amide bonds. The summed E-state index contributed by atoms with van der Waals surface area (Å²) >= 11 is 0. The maximum absolute atomic E-state index is 6.81. The van der Waals surface area contributed by atoms with E-state index < -0.39 is 0 Å². The summed E-state index contributed by atoms with van der Waals surface area (Å²) in [5, 5.41) is 14.4. The van der Waals surface area contributed by atoms with Crippen LogP contribution >= 0.6 is 0 Å². The minimum atomic E-state index is -0.137. The van der Waals surface area contributed by atoms with Crippen molar-refractivity contribution >= 4 is 98.4 Å². The molecule has 1 atom stereocenters. The second-order valence-corrected chi connectivity index (χ2v) is 16.2. The van der Waals surface area contributed by atoms with E-state index in [1.54, 1.807) is 0 Å². The second kappa shape index (κ2) is 13.9. The van der Waals surface area contributed by atoms with Crippen LogP contribution in [0.2, 0.25) is 0 Å². The molecule has 0 unspecified atom stereocenters. The van der Waals surface area contributed by atoms with Crippen molar-refractivity contribution < 1.29 is 4.42 Å². The number of hydrogen-bond donors (Lipinski definition) is 0. The predicted octanol–water partition coefficient (Wildman–Crippen LogP) is 15.3. The molecule has 12 aromatic rings. The smallest absolute Gasteiger partial charge is 0.155 e. The lowest BCUT2D eigenvalue weighted by molar-refractivity contribution is 0.668. The molecule has 0 saturated carbocycles. The second-order valence-electron chi connectivity index (χ2n) is 16.2. The Labute approximate surface area is 352 Å². The van der Waals surface area contributed by atoms with Crippen LogP contribution in [-0.2, 0) is 0 Å². The quantitative estimate of drug-likeness (QED) is 0.127. The first-order valence-corrected chi connectivity index (χ1v) is 21.0. The minimum Gasteiger partial charge on any atom is -0.456 e. The summed E-state index contributed by atoms with van der Waals surface area (Å²) in [5.41, 5.74) is 9.03. The van der Waals surface area contributed by atoms with Crippen molar-refractivity contribution in [1.29, 1.82) is 0 Å². The number of aliphatic imine (C=N–C) groups is 2. The summed E-state index contributed by atoms with van der Waals surface area (Å²) in [6.45, 7) is 4.22. The first-order chi connectivity index (χ1) is 30.0. The Bertz CT molecular complexity index is 3710. The molecule has 4 nitrogen and oxygen atoms in total. The van der Waals surface area contributed by atoms with Crippen molar-refractivity contribution in [1.82, 2.24) is 4.57 Å². The molecule has 288 valence electrons. The Morgan fingerprint density at radius 3 is 1.66 bits per heavy atom. The summed E-state index contributed by atoms with van der Waals surface area (Å²) in [4.78, 5) is 10.6. The average molecular weight is 782 g/mol. The molecule has 0 N–H and O–H groups in total. The van der Waals surface area contributed by atoms with Crippen LogP contribution in [0.5, 0.6) is 0 Å². The van der Waals surface area contributed by atoms with Crippen LogP contribution in [0.3, 0.4) is 0 Å². The molecule has 2 aromatic heterocycles. The molecular formula is C57H39N3O. The van der Waals surface area contributed by atoms with Gasteiger partial charge in [-0.3, -0.25) is 4.99 Å². The van der Waals surface area contributed by atoms with Crippen molar-refractivity contribution in [3.63, 3.8) is 0 Å². The maximum Gasteiger partial charge on any atom is 0.155 e. The molecule has 61 heavy (non-hydrogen) atoms. The van der Waals surface area contributed by atoms with Gasteiger partial charge in [-0.2, -0.15) is 0 Å². The van der Waals surface area contributed by atoms with Crippen molar-refractivity contribution in [3.8, 4) is 5.69 Å².